The number of halogens is 1. The van der Waals surface area contributed by atoms with Gasteiger partial charge in [-0.2, -0.15) is 10.5 Å². The highest BCUT2D eigenvalue weighted by molar-refractivity contribution is 5.91. The van der Waals surface area contributed by atoms with E-state index in [0.717, 1.165) is 37.8 Å². The number of rotatable bonds is 11. The summed E-state index contributed by atoms with van der Waals surface area (Å²) in [4.78, 5) is 18.0. The minimum atomic E-state index is -0.688. The van der Waals surface area contributed by atoms with Gasteiger partial charge in [-0.3, -0.25) is 10.0 Å². The standard InChI is InChI=1S/C37H35FN6O4/c1-48-34-12-11-26(20-33(34)45)31-23-42-37(30(22-40)36(31)27-9-10-28(21-39)32(38)19-27)44-17-14-29(15-18-44)41-16-2-3-24-4-6-25(7-5-24)8-13-35(46)43-47/h4-13,19-20,23,29,41,45,47H,2-3,14-18H2,1H3,(H,43,46)/b13-8+. The molecule has 2 heterocycles. The molecule has 0 aliphatic carbocycles. The maximum atomic E-state index is 14.9. The van der Waals surface area contributed by atoms with E-state index in [1.807, 2.05) is 30.3 Å². The first-order chi connectivity index (χ1) is 23.3. The first kappa shape index (κ1) is 33.6. The van der Waals surface area contributed by atoms with Gasteiger partial charge in [0.1, 0.15) is 29.3 Å². The van der Waals surface area contributed by atoms with E-state index in [4.69, 9.17) is 14.9 Å². The van der Waals surface area contributed by atoms with Crippen LogP contribution < -0.4 is 20.4 Å². The summed E-state index contributed by atoms with van der Waals surface area (Å²) in [5.74, 6) is -0.547. The van der Waals surface area contributed by atoms with Crippen LogP contribution in [0.1, 0.15) is 41.5 Å². The zero-order chi connectivity index (χ0) is 34.0. The Morgan fingerprint density at radius 2 is 1.83 bits per heavy atom. The van der Waals surface area contributed by atoms with E-state index in [-0.39, 0.29) is 16.9 Å². The summed E-state index contributed by atoms with van der Waals surface area (Å²) < 4.78 is 20.0. The molecule has 5 rings (SSSR count). The van der Waals surface area contributed by atoms with Crippen molar-refractivity contribution in [2.75, 3.05) is 31.6 Å². The predicted molar refractivity (Wildman–Crippen MR) is 180 cm³/mol. The minimum absolute atomic E-state index is 0.0820. The molecule has 1 aliphatic heterocycles. The summed E-state index contributed by atoms with van der Waals surface area (Å²) >= 11 is 0. The van der Waals surface area contributed by atoms with Crippen LogP contribution in [0.3, 0.4) is 0 Å². The molecule has 0 spiro atoms. The van der Waals surface area contributed by atoms with Crippen molar-refractivity contribution in [1.29, 1.82) is 10.5 Å². The third-order valence-electron chi connectivity index (χ3n) is 8.43. The number of piperidine rings is 1. The molecule has 11 heteroatoms. The average molecular weight is 647 g/mol. The van der Waals surface area contributed by atoms with E-state index in [1.54, 1.807) is 36.0 Å². The lowest BCUT2D eigenvalue weighted by Gasteiger charge is -2.34. The molecule has 0 radical (unpaired) electrons. The molecule has 1 aliphatic rings. The van der Waals surface area contributed by atoms with Gasteiger partial charge in [0.25, 0.3) is 5.91 Å². The SMILES string of the molecule is COc1ccc(-c2cnc(N3CCC(NCCCc4ccc(/C=C/C(=O)NO)cc4)CC3)c(C#N)c2-c2ccc(C#N)c(F)c2)cc1O. The van der Waals surface area contributed by atoms with Crippen LogP contribution in [0.4, 0.5) is 10.2 Å². The lowest BCUT2D eigenvalue weighted by atomic mass is 9.91. The van der Waals surface area contributed by atoms with Gasteiger partial charge in [0.2, 0.25) is 0 Å². The van der Waals surface area contributed by atoms with Gasteiger partial charge in [-0.05, 0) is 84.8 Å². The number of aryl methyl sites for hydroxylation is 1. The molecule has 1 amide bonds. The second-order valence-electron chi connectivity index (χ2n) is 11.4. The molecule has 0 bridgehead atoms. The van der Waals surface area contributed by atoms with Crippen LogP contribution in [0.5, 0.6) is 11.5 Å². The molecule has 244 valence electrons. The van der Waals surface area contributed by atoms with Gasteiger partial charge in [-0.25, -0.2) is 14.9 Å². The fourth-order valence-corrected chi connectivity index (χ4v) is 5.88. The van der Waals surface area contributed by atoms with Crippen molar-refractivity contribution in [3.05, 3.63) is 101 Å². The molecule has 1 fully saturated rings. The minimum Gasteiger partial charge on any atom is -0.504 e. The van der Waals surface area contributed by atoms with Crippen LogP contribution in [0.15, 0.2) is 72.9 Å². The van der Waals surface area contributed by atoms with E-state index in [1.165, 1.54) is 36.9 Å². The average Bonchev–Trinajstić information content (AvgIpc) is 3.12. The van der Waals surface area contributed by atoms with Gasteiger partial charge in [0.05, 0.1) is 12.7 Å². The predicted octanol–water partition coefficient (Wildman–Crippen LogP) is 5.72. The smallest absolute Gasteiger partial charge is 0.267 e. The highest BCUT2D eigenvalue weighted by Gasteiger charge is 2.26. The van der Waals surface area contributed by atoms with Gasteiger partial charge in [-0.1, -0.05) is 36.4 Å². The molecule has 0 unspecified atom stereocenters. The Hall–Kier alpha value is -5.75. The van der Waals surface area contributed by atoms with Crippen molar-refractivity contribution < 1.29 is 24.2 Å². The molecule has 4 N–H and O–H groups in total. The Kier molecular flexibility index (Phi) is 11.0. The summed E-state index contributed by atoms with van der Waals surface area (Å²) in [6.45, 7) is 2.20. The lowest BCUT2D eigenvalue weighted by molar-refractivity contribution is -0.124. The maximum absolute atomic E-state index is 14.9. The molecule has 1 saturated heterocycles. The Labute approximate surface area is 278 Å². The molecule has 3 aromatic carbocycles. The fraction of sp³-hybridized carbons (Fsp3) is 0.243. The second kappa shape index (κ2) is 15.7. The second-order valence-corrected chi connectivity index (χ2v) is 11.4. The number of nitriles is 2. The monoisotopic (exact) mass is 646 g/mol. The fourth-order valence-electron chi connectivity index (χ4n) is 5.88. The van der Waals surface area contributed by atoms with Crippen LogP contribution >= 0.6 is 0 Å². The molecule has 0 saturated carbocycles. The van der Waals surface area contributed by atoms with E-state index in [2.05, 4.69) is 16.3 Å². The molecule has 0 atom stereocenters. The van der Waals surface area contributed by atoms with Gasteiger partial charge in [-0.15, -0.1) is 0 Å². The summed E-state index contributed by atoms with van der Waals surface area (Å²) in [6, 6.07) is 21.5. The molecule has 4 aromatic rings. The number of nitrogens with zero attached hydrogens (tertiary/aromatic N) is 4. The molecule has 48 heavy (non-hydrogen) atoms. The van der Waals surface area contributed by atoms with Gasteiger partial charge in [0, 0.05) is 42.5 Å². The number of carbonyl (C=O) groups is 1. The van der Waals surface area contributed by atoms with Crippen LogP contribution in [0, 0.1) is 28.5 Å². The molecular formula is C37H35FN6O4. The Morgan fingerprint density at radius 3 is 2.48 bits per heavy atom. The highest BCUT2D eigenvalue weighted by atomic mass is 19.1. The third kappa shape index (κ3) is 7.78. The first-order valence-electron chi connectivity index (χ1n) is 15.5. The zero-order valence-electron chi connectivity index (χ0n) is 26.4. The number of hydroxylamine groups is 1. The number of phenols is 1. The number of carbonyl (C=O) groups excluding carboxylic acids is 1. The number of ether oxygens (including phenoxy) is 1. The van der Waals surface area contributed by atoms with E-state index in [0.29, 0.717) is 53.0 Å². The normalized spacial score (nSPS) is 13.2. The number of methoxy groups -OCH3 is 1. The van der Waals surface area contributed by atoms with Gasteiger partial charge in [0.15, 0.2) is 11.5 Å². The summed E-state index contributed by atoms with van der Waals surface area (Å²) in [5.41, 5.74) is 5.82. The first-order valence-corrected chi connectivity index (χ1v) is 15.5. The van der Waals surface area contributed by atoms with Crippen molar-refractivity contribution in [3.63, 3.8) is 0 Å². The maximum Gasteiger partial charge on any atom is 0.267 e. The summed E-state index contributed by atoms with van der Waals surface area (Å²) in [6.07, 6.45) is 8.10. The quantitative estimate of drug-likeness (QED) is 0.0693. The van der Waals surface area contributed by atoms with Crippen molar-refractivity contribution in [3.8, 4) is 45.9 Å². The van der Waals surface area contributed by atoms with Crippen LogP contribution in [-0.4, -0.2) is 54.0 Å². The lowest BCUT2D eigenvalue weighted by Crippen LogP contribution is -2.43. The van der Waals surface area contributed by atoms with Crippen LogP contribution in [0.2, 0.25) is 0 Å². The number of aromatic hydroxyl groups is 1. The topological polar surface area (TPSA) is 155 Å². The van der Waals surface area contributed by atoms with E-state index < -0.39 is 11.7 Å². The van der Waals surface area contributed by atoms with E-state index >= 15 is 0 Å². The van der Waals surface area contributed by atoms with E-state index in [9.17, 15) is 24.8 Å². The molecule has 1 aromatic heterocycles. The number of hydrogen-bond donors (Lipinski definition) is 4. The number of benzene rings is 3. The van der Waals surface area contributed by atoms with Gasteiger partial charge < -0.3 is 20.1 Å². The number of phenolic OH excluding ortho intramolecular Hbond substituents is 1. The Morgan fingerprint density at radius 1 is 1.08 bits per heavy atom. The Bertz CT molecular complexity index is 1890. The number of pyridine rings is 1. The number of hydrogen-bond acceptors (Lipinski definition) is 9. The van der Waals surface area contributed by atoms with Crippen molar-refractivity contribution in [2.45, 2.75) is 31.7 Å². The zero-order valence-corrected chi connectivity index (χ0v) is 26.4. The van der Waals surface area contributed by atoms with Crippen molar-refractivity contribution >= 4 is 17.8 Å². The summed E-state index contributed by atoms with van der Waals surface area (Å²) in [7, 11) is 1.45. The van der Waals surface area contributed by atoms with Crippen LogP contribution in [-0.2, 0) is 11.2 Å². The van der Waals surface area contributed by atoms with Gasteiger partial charge >= 0.3 is 0 Å². The number of anilines is 1. The highest BCUT2D eigenvalue weighted by Crippen LogP contribution is 2.41. The third-order valence-corrected chi connectivity index (χ3v) is 8.43. The Balaban J connectivity index is 1.27. The molecular weight excluding hydrogens is 611 g/mol. The summed E-state index contributed by atoms with van der Waals surface area (Å²) in [5, 5.41) is 42.5. The number of aromatic nitrogens is 1. The van der Waals surface area contributed by atoms with Crippen molar-refractivity contribution in [2.24, 2.45) is 0 Å². The number of nitrogens with one attached hydrogen (secondary N) is 2. The molecule has 10 nitrogen and oxygen atoms in total. The van der Waals surface area contributed by atoms with Crippen LogP contribution in [0.25, 0.3) is 28.3 Å². The van der Waals surface area contributed by atoms with Crippen molar-refractivity contribution in [1.82, 2.24) is 15.8 Å². The largest absolute Gasteiger partial charge is 0.504 e. The number of amides is 1.